The second-order valence-corrected chi connectivity index (χ2v) is 5.14. The molecule has 0 saturated carbocycles. The molecule has 1 saturated heterocycles. The Hall–Kier alpha value is -0.315. The molecular weight excluding hydrogens is 183 g/mol. The van der Waals surface area contributed by atoms with E-state index >= 15 is 0 Å². The van der Waals surface area contributed by atoms with E-state index < -0.39 is 0 Å². The molecule has 0 bridgehead atoms. The van der Waals surface area contributed by atoms with Crippen molar-refractivity contribution in [3.63, 3.8) is 0 Å². The molecule has 0 aliphatic carbocycles. The Morgan fingerprint density at radius 3 is 2.54 bits per heavy atom. The van der Waals surface area contributed by atoms with E-state index in [0.717, 1.165) is 5.46 Å². The highest BCUT2D eigenvalue weighted by molar-refractivity contribution is 7.09. The molecule has 2 rings (SSSR count). The van der Waals surface area contributed by atoms with Crippen LogP contribution in [0.4, 0.5) is 0 Å². The lowest BCUT2D eigenvalue weighted by Gasteiger charge is -2.41. The predicted octanol–water partition coefficient (Wildman–Crippen LogP) is 1.86. The van der Waals surface area contributed by atoms with Crippen LogP contribution >= 0.6 is 11.3 Å². The molecular formula is C9H13BO2S. The maximum atomic E-state index is 5.63. The largest absolute Gasteiger partial charge is 0.498 e. The third-order valence-electron chi connectivity index (χ3n) is 2.02. The Balaban J connectivity index is 1.93. The molecule has 13 heavy (non-hydrogen) atoms. The highest BCUT2D eigenvalue weighted by Gasteiger charge is 2.44. The summed E-state index contributed by atoms with van der Waals surface area (Å²) >= 11 is 1.67. The summed E-state index contributed by atoms with van der Waals surface area (Å²) in [4.78, 5) is 0. The van der Waals surface area contributed by atoms with Gasteiger partial charge in [0.15, 0.2) is 0 Å². The van der Waals surface area contributed by atoms with Gasteiger partial charge in [0.2, 0.25) is 0 Å². The zero-order valence-electron chi connectivity index (χ0n) is 8.11. The first-order chi connectivity index (χ1) is 6.07. The van der Waals surface area contributed by atoms with Gasteiger partial charge in [-0.15, -0.1) is 0 Å². The van der Waals surface area contributed by atoms with Gasteiger partial charge in [-0.3, -0.25) is 0 Å². The zero-order chi connectivity index (χ0) is 9.47. The van der Waals surface area contributed by atoms with E-state index in [2.05, 4.69) is 26.2 Å². The molecule has 0 atom stereocenters. The van der Waals surface area contributed by atoms with Crippen LogP contribution in [0.5, 0.6) is 0 Å². The number of thiophene rings is 1. The van der Waals surface area contributed by atoms with Gasteiger partial charge in [-0.25, -0.2) is 0 Å². The smallest absolute Gasteiger partial charge is 0.382 e. The zero-order valence-corrected chi connectivity index (χ0v) is 8.93. The van der Waals surface area contributed by atoms with Crippen LogP contribution in [-0.2, 0) is 9.31 Å². The van der Waals surface area contributed by atoms with Crippen LogP contribution < -0.4 is 5.46 Å². The monoisotopic (exact) mass is 196 g/mol. The van der Waals surface area contributed by atoms with Gasteiger partial charge in [0.05, 0.1) is 0 Å². The fraction of sp³-hybridized carbons (Fsp3) is 0.556. The Morgan fingerprint density at radius 2 is 2.08 bits per heavy atom. The maximum absolute atomic E-state index is 5.63. The lowest BCUT2D eigenvalue weighted by atomic mass is 9.76. The van der Waals surface area contributed by atoms with Crippen molar-refractivity contribution >= 4 is 23.9 Å². The molecule has 2 nitrogen and oxygen atoms in total. The number of hydrogen-bond donors (Lipinski definition) is 0. The molecule has 0 N–H and O–H groups in total. The second kappa shape index (κ2) is 3.12. The molecule has 0 spiro atoms. The summed E-state index contributed by atoms with van der Waals surface area (Å²) in [6.45, 7) is 6.34. The normalized spacial score (nSPS) is 18.8. The van der Waals surface area contributed by atoms with Gasteiger partial charge in [-0.05, 0) is 16.2 Å². The molecule has 70 valence electrons. The van der Waals surface area contributed by atoms with Crippen LogP contribution in [0.1, 0.15) is 20.8 Å². The number of rotatable bonds is 1. The van der Waals surface area contributed by atoms with Crippen molar-refractivity contribution in [2.45, 2.75) is 27.1 Å². The first-order valence-corrected chi connectivity index (χ1v) is 5.35. The lowest BCUT2D eigenvalue weighted by Crippen LogP contribution is -2.57. The number of hydrogen-bond acceptors (Lipinski definition) is 3. The predicted molar refractivity (Wildman–Crippen MR) is 55.1 cm³/mol. The van der Waals surface area contributed by atoms with Crippen molar-refractivity contribution in [1.29, 1.82) is 0 Å². The van der Waals surface area contributed by atoms with E-state index in [9.17, 15) is 0 Å². The molecule has 0 unspecified atom stereocenters. The SMILES string of the molecule is CC(C)(C)C1OB(c2ccsc2)O1. The average molecular weight is 196 g/mol. The van der Waals surface area contributed by atoms with Gasteiger partial charge in [0.25, 0.3) is 0 Å². The van der Waals surface area contributed by atoms with Crippen molar-refractivity contribution < 1.29 is 9.31 Å². The molecule has 0 amide bonds. The summed E-state index contributed by atoms with van der Waals surface area (Å²) in [5.74, 6) is 0. The van der Waals surface area contributed by atoms with Crippen LogP contribution in [0.25, 0.3) is 0 Å². The van der Waals surface area contributed by atoms with Crippen molar-refractivity contribution in [3.8, 4) is 0 Å². The van der Waals surface area contributed by atoms with Gasteiger partial charge >= 0.3 is 7.12 Å². The molecule has 1 aromatic heterocycles. The molecule has 1 aromatic rings. The molecule has 1 aliphatic heterocycles. The fourth-order valence-electron chi connectivity index (χ4n) is 1.21. The van der Waals surface area contributed by atoms with Gasteiger partial charge in [0.1, 0.15) is 6.29 Å². The van der Waals surface area contributed by atoms with Gasteiger partial charge in [0, 0.05) is 5.41 Å². The lowest BCUT2D eigenvalue weighted by molar-refractivity contribution is -0.167. The summed E-state index contributed by atoms with van der Waals surface area (Å²) in [5, 5.41) is 4.09. The van der Waals surface area contributed by atoms with Gasteiger partial charge in [-0.2, -0.15) is 11.3 Å². The molecule has 0 aromatic carbocycles. The van der Waals surface area contributed by atoms with Crippen molar-refractivity contribution in [1.82, 2.24) is 0 Å². The molecule has 1 aliphatic rings. The van der Waals surface area contributed by atoms with Crippen LogP contribution in [0.2, 0.25) is 0 Å². The second-order valence-electron chi connectivity index (χ2n) is 4.36. The van der Waals surface area contributed by atoms with Crippen molar-refractivity contribution in [2.24, 2.45) is 5.41 Å². The average Bonchev–Trinajstić information content (AvgIpc) is 2.31. The third kappa shape index (κ3) is 1.80. The summed E-state index contributed by atoms with van der Waals surface area (Å²) in [6.07, 6.45) is -0.0580. The fourth-order valence-corrected chi connectivity index (χ4v) is 1.87. The standard InChI is InChI=1S/C9H13BO2S/c1-9(2,3)8-11-10(12-8)7-4-5-13-6-7/h4-6,8H,1-3H3. The van der Waals surface area contributed by atoms with E-state index in [4.69, 9.17) is 9.31 Å². The van der Waals surface area contributed by atoms with E-state index in [1.165, 1.54) is 0 Å². The maximum Gasteiger partial charge on any atom is 0.498 e. The first-order valence-electron chi connectivity index (χ1n) is 4.40. The third-order valence-corrected chi connectivity index (χ3v) is 2.72. The van der Waals surface area contributed by atoms with Crippen LogP contribution in [0, 0.1) is 5.41 Å². The summed E-state index contributed by atoms with van der Waals surface area (Å²) < 4.78 is 11.3. The Bertz CT molecular complexity index is 272. The van der Waals surface area contributed by atoms with Crippen molar-refractivity contribution in [2.75, 3.05) is 0 Å². The molecule has 4 heteroatoms. The summed E-state index contributed by atoms with van der Waals surface area (Å²) in [5.41, 5.74) is 1.21. The minimum atomic E-state index is -0.129. The highest BCUT2D eigenvalue weighted by Crippen LogP contribution is 2.30. The van der Waals surface area contributed by atoms with E-state index in [1.54, 1.807) is 11.3 Å². The van der Waals surface area contributed by atoms with Gasteiger partial charge in [-0.1, -0.05) is 26.8 Å². The highest BCUT2D eigenvalue weighted by atomic mass is 32.1. The van der Waals surface area contributed by atoms with Crippen molar-refractivity contribution in [3.05, 3.63) is 16.8 Å². The van der Waals surface area contributed by atoms with Crippen LogP contribution in [0.15, 0.2) is 16.8 Å². The summed E-state index contributed by atoms with van der Waals surface area (Å²) in [7, 11) is -0.129. The minimum Gasteiger partial charge on any atom is -0.382 e. The molecule has 2 heterocycles. The quantitative estimate of drug-likeness (QED) is 0.638. The Kier molecular flexibility index (Phi) is 2.22. The van der Waals surface area contributed by atoms with Crippen LogP contribution in [-0.4, -0.2) is 13.4 Å². The summed E-state index contributed by atoms with van der Waals surface area (Å²) in [6, 6.07) is 2.04. The Morgan fingerprint density at radius 1 is 1.38 bits per heavy atom. The van der Waals surface area contributed by atoms with Gasteiger partial charge < -0.3 is 9.31 Å². The van der Waals surface area contributed by atoms with E-state index in [1.807, 2.05) is 11.4 Å². The molecule has 1 fully saturated rings. The minimum absolute atomic E-state index is 0.0580. The van der Waals surface area contributed by atoms with E-state index in [-0.39, 0.29) is 18.8 Å². The first kappa shape index (κ1) is 9.25. The molecule has 0 radical (unpaired) electrons. The Labute approximate surface area is 83.0 Å². The van der Waals surface area contributed by atoms with Crippen LogP contribution in [0.3, 0.4) is 0 Å². The van der Waals surface area contributed by atoms with E-state index in [0.29, 0.717) is 0 Å². The topological polar surface area (TPSA) is 18.5 Å².